The highest BCUT2D eigenvalue weighted by Crippen LogP contribution is 2.17. The van der Waals surface area contributed by atoms with E-state index in [-0.39, 0.29) is 0 Å². The van der Waals surface area contributed by atoms with Gasteiger partial charge in [-0.1, -0.05) is 91.0 Å². The molecular weight excluding hydrogens is 292 g/mol. The molecule has 0 bridgehead atoms. The van der Waals surface area contributed by atoms with Gasteiger partial charge in [0.25, 0.3) is 0 Å². The Balaban J connectivity index is 0.000000141. The molecule has 0 aliphatic heterocycles. The highest BCUT2D eigenvalue weighted by Gasteiger charge is 1.95. The van der Waals surface area contributed by atoms with E-state index in [0.29, 0.717) is 0 Å². The third-order valence-corrected chi connectivity index (χ3v) is 3.48. The molecule has 2 nitrogen and oxygen atoms in total. The summed E-state index contributed by atoms with van der Waals surface area (Å²) in [7, 11) is 0. The number of rotatable bonds is 2. The van der Waals surface area contributed by atoms with Crippen molar-refractivity contribution in [1.82, 2.24) is 9.97 Å². The number of hydrogen-bond donors (Lipinski definition) is 0. The molecule has 4 rings (SSSR count). The van der Waals surface area contributed by atoms with E-state index in [9.17, 15) is 0 Å². The van der Waals surface area contributed by atoms with Crippen molar-refractivity contribution in [3.63, 3.8) is 0 Å². The second-order valence-electron chi connectivity index (χ2n) is 5.17. The SMILES string of the molecule is c1ccc(-c2ccccc2)cc1.c1ccc(-c2ncccn2)cc1. The van der Waals surface area contributed by atoms with Gasteiger partial charge in [0, 0.05) is 18.0 Å². The first kappa shape index (κ1) is 15.6. The van der Waals surface area contributed by atoms with Gasteiger partial charge in [0.05, 0.1) is 0 Å². The van der Waals surface area contributed by atoms with Crippen molar-refractivity contribution in [2.24, 2.45) is 0 Å². The van der Waals surface area contributed by atoms with Crippen LogP contribution in [-0.4, -0.2) is 9.97 Å². The Morgan fingerprint density at radius 3 is 1.17 bits per heavy atom. The Labute approximate surface area is 142 Å². The normalized spacial score (nSPS) is 9.67. The van der Waals surface area contributed by atoms with Crippen LogP contribution in [0.5, 0.6) is 0 Å². The van der Waals surface area contributed by atoms with E-state index in [4.69, 9.17) is 0 Å². The summed E-state index contributed by atoms with van der Waals surface area (Å²) in [6.45, 7) is 0. The highest BCUT2D eigenvalue weighted by atomic mass is 14.8. The van der Waals surface area contributed by atoms with Crippen LogP contribution < -0.4 is 0 Å². The average Bonchev–Trinajstić information content (AvgIpc) is 2.71. The minimum absolute atomic E-state index is 0.776. The monoisotopic (exact) mass is 310 g/mol. The smallest absolute Gasteiger partial charge is 0.159 e. The maximum atomic E-state index is 4.14. The predicted octanol–water partition coefficient (Wildman–Crippen LogP) is 5.50. The fourth-order valence-corrected chi connectivity index (χ4v) is 2.30. The summed E-state index contributed by atoms with van der Waals surface area (Å²) in [6, 6.07) is 32.5. The van der Waals surface area contributed by atoms with Gasteiger partial charge in [-0.2, -0.15) is 0 Å². The first-order valence-electron chi connectivity index (χ1n) is 7.86. The summed E-state index contributed by atoms with van der Waals surface area (Å²) in [5.41, 5.74) is 3.61. The summed E-state index contributed by atoms with van der Waals surface area (Å²) in [6.07, 6.45) is 3.49. The fraction of sp³-hybridized carbons (Fsp3) is 0. The molecule has 0 unspecified atom stereocenters. The van der Waals surface area contributed by atoms with Crippen LogP contribution in [0.25, 0.3) is 22.5 Å². The zero-order valence-corrected chi connectivity index (χ0v) is 13.3. The zero-order valence-electron chi connectivity index (χ0n) is 13.3. The third kappa shape index (κ3) is 4.37. The van der Waals surface area contributed by atoms with E-state index >= 15 is 0 Å². The maximum absolute atomic E-state index is 4.14. The van der Waals surface area contributed by atoms with Crippen molar-refractivity contribution in [3.8, 4) is 22.5 Å². The summed E-state index contributed by atoms with van der Waals surface area (Å²) in [4.78, 5) is 8.28. The molecule has 0 aliphatic carbocycles. The Hall–Kier alpha value is -3.26. The van der Waals surface area contributed by atoms with Crippen LogP contribution in [0.4, 0.5) is 0 Å². The standard InChI is InChI=1S/C12H10.C10H8N2/c1-3-7-11(8-4-1)12-9-5-2-6-10-12;1-2-5-9(6-3-1)10-11-7-4-8-12-10/h1-10H;1-8H. The lowest BCUT2D eigenvalue weighted by atomic mass is 10.1. The van der Waals surface area contributed by atoms with Gasteiger partial charge in [0.15, 0.2) is 5.82 Å². The molecule has 3 aromatic carbocycles. The van der Waals surface area contributed by atoms with Crippen molar-refractivity contribution in [3.05, 3.63) is 109 Å². The quantitative estimate of drug-likeness (QED) is 0.489. The van der Waals surface area contributed by atoms with Crippen molar-refractivity contribution in [2.45, 2.75) is 0 Å². The molecule has 0 radical (unpaired) electrons. The van der Waals surface area contributed by atoms with Gasteiger partial charge in [-0.05, 0) is 17.2 Å². The molecule has 0 saturated heterocycles. The molecule has 0 amide bonds. The first-order valence-corrected chi connectivity index (χ1v) is 7.86. The molecule has 0 atom stereocenters. The Morgan fingerprint density at radius 2 is 0.750 bits per heavy atom. The van der Waals surface area contributed by atoms with Crippen molar-refractivity contribution < 1.29 is 0 Å². The van der Waals surface area contributed by atoms with Crippen LogP contribution in [-0.2, 0) is 0 Å². The van der Waals surface area contributed by atoms with Gasteiger partial charge in [-0.3, -0.25) is 0 Å². The second-order valence-corrected chi connectivity index (χ2v) is 5.17. The Bertz CT molecular complexity index is 680. The second kappa shape index (κ2) is 8.39. The number of hydrogen-bond acceptors (Lipinski definition) is 2. The Kier molecular flexibility index (Phi) is 5.47. The van der Waals surface area contributed by atoms with Gasteiger partial charge in [0.2, 0.25) is 0 Å². The molecule has 1 aromatic heterocycles. The summed E-state index contributed by atoms with van der Waals surface area (Å²) < 4.78 is 0. The van der Waals surface area contributed by atoms with Crippen LogP contribution in [0, 0.1) is 0 Å². The lowest BCUT2D eigenvalue weighted by Gasteiger charge is -1.98. The number of nitrogens with zero attached hydrogens (tertiary/aromatic N) is 2. The third-order valence-electron chi connectivity index (χ3n) is 3.48. The molecular formula is C22H18N2. The van der Waals surface area contributed by atoms with E-state index in [2.05, 4.69) is 58.5 Å². The first-order chi connectivity index (χ1) is 11.9. The molecule has 116 valence electrons. The molecule has 24 heavy (non-hydrogen) atoms. The molecule has 1 heterocycles. The lowest BCUT2D eigenvalue weighted by Crippen LogP contribution is -1.84. The topological polar surface area (TPSA) is 25.8 Å². The van der Waals surface area contributed by atoms with Crippen molar-refractivity contribution >= 4 is 0 Å². The molecule has 0 saturated carbocycles. The van der Waals surface area contributed by atoms with Crippen molar-refractivity contribution in [1.29, 1.82) is 0 Å². The maximum Gasteiger partial charge on any atom is 0.159 e. The van der Waals surface area contributed by atoms with Gasteiger partial charge in [-0.25, -0.2) is 9.97 Å². The fourth-order valence-electron chi connectivity index (χ4n) is 2.30. The van der Waals surface area contributed by atoms with Gasteiger partial charge in [0.1, 0.15) is 0 Å². The van der Waals surface area contributed by atoms with E-state index in [1.165, 1.54) is 11.1 Å². The highest BCUT2D eigenvalue weighted by molar-refractivity contribution is 5.62. The molecule has 0 aliphatic rings. The van der Waals surface area contributed by atoms with Crippen LogP contribution in [0.1, 0.15) is 0 Å². The molecule has 0 N–H and O–H groups in total. The van der Waals surface area contributed by atoms with E-state index in [1.807, 2.05) is 48.5 Å². The minimum atomic E-state index is 0.776. The van der Waals surface area contributed by atoms with Crippen LogP contribution in [0.2, 0.25) is 0 Å². The summed E-state index contributed by atoms with van der Waals surface area (Å²) in [5.74, 6) is 0.776. The molecule has 0 fully saturated rings. The van der Waals surface area contributed by atoms with Crippen LogP contribution in [0.15, 0.2) is 109 Å². The van der Waals surface area contributed by atoms with Crippen molar-refractivity contribution in [2.75, 3.05) is 0 Å². The Morgan fingerprint density at radius 1 is 0.375 bits per heavy atom. The number of benzene rings is 3. The van der Waals surface area contributed by atoms with Gasteiger partial charge >= 0.3 is 0 Å². The van der Waals surface area contributed by atoms with Gasteiger partial charge in [-0.15, -0.1) is 0 Å². The minimum Gasteiger partial charge on any atom is -0.237 e. The largest absolute Gasteiger partial charge is 0.237 e. The summed E-state index contributed by atoms with van der Waals surface area (Å²) in [5, 5.41) is 0. The van der Waals surface area contributed by atoms with Crippen LogP contribution >= 0.6 is 0 Å². The van der Waals surface area contributed by atoms with E-state index < -0.39 is 0 Å². The molecule has 2 heteroatoms. The van der Waals surface area contributed by atoms with E-state index in [0.717, 1.165) is 11.4 Å². The molecule has 4 aromatic rings. The predicted molar refractivity (Wildman–Crippen MR) is 99.3 cm³/mol. The average molecular weight is 310 g/mol. The van der Waals surface area contributed by atoms with E-state index in [1.54, 1.807) is 12.4 Å². The van der Waals surface area contributed by atoms with Crippen LogP contribution in [0.3, 0.4) is 0 Å². The number of aromatic nitrogens is 2. The molecule has 0 spiro atoms. The lowest BCUT2D eigenvalue weighted by molar-refractivity contribution is 1.18. The van der Waals surface area contributed by atoms with Gasteiger partial charge < -0.3 is 0 Å². The summed E-state index contributed by atoms with van der Waals surface area (Å²) >= 11 is 0. The zero-order chi connectivity index (χ0) is 16.5.